The average Bonchev–Trinajstić information content (AvgIpc) is 3.13. The second-order valence-electron chi connectivity index (χ2n) is 5.96. The Bertz CT molecular complexity index is 219. The highest BCUT2D eigenvalue weighted by Gasteiger charge is 2.34. The fraction of sp³-hybridized carbons (Fsp3) is 1.00. The molecule has 1 saturated heterocycles. The zero-order valence-electron chi connectivity index (χ0n) is 11.3. The molecule has 1 aliphatic heterocycles. The summed E-state index contributed by atoms with van der Waals surface area (Å²) >= 11 is 0. The number of nitrogens with one attached hydrogen (secondary N) is 1. The second-order valence-corrected chi connectivity index (χ2v) is 5.96. The molecule has 0 amide bonds. The van der Waals surface area contributed by atoms with Crippen molar-refractivity contribution in [2.24, 2.45) is 11.8 Å². The normalized spacial score (nSPS) is 27.9. The SMILES string of the molecule is CCC1(CC)CN(CC(C)C2CC2)CCN1. The maximum atomic E-state index is 3.74. The average molecular weight is 224 g/mol. The van der Waals surface area contributed by atoms with E-state index < -0.39 is 0 Å². The standard InChI is InChI=1S/C14H28N2/c1-4-14(5-2)11-16(9-8-15-14)10-12(3)13-6-7-13/h12-13,15H,4-11H2,1-3H3. The second kappa shape index (κ2) is 5.05. The van der Waals surface area contributed by atoms with E-state index in [9.17, 15) is 0 Å². The molecule has 1 N–H and O–H groups in total. The van der Waals surface area contributed by atoms with E-state index in [1.54, 1.807) is 0 Å². The topological polar surface area (TPSA) is 15.3 Å². The quantitative estimate of drug-likeness (QED) is 0.772. The lowest BCUT2D eigenvalue weighted by molar-refractivity contribution is 0.107. The molecule has 0 radical (unpaired) electrons. The van der Waals surface area contributed by atoms with E-state index in [2.05, 4.69) is 31.0 Å². The van der Waals surface area contributed by atoms with Crippen LogP contribution in [-0.4, -0.2) is 36.6 Å². The van der Waals surface area contributed by atoms with Crippen molar-refractivity contribution in [1.82, 2.24) is 10.2 Å². The van der Waals surface area contributed by atoms with Crippen molar-refractivity contribution in [3.8, 4) is 0 Å². The molecular formula is C14H28N2. The predicted molar refractivity (Wildman–Crippen MR) is 69.6 cm³/mol. The van der Waals surface area contributed by atoms with Gasteiger partial charge in [-0.15, -0.1) is 0 Å². The summed E-state index contributed by atoms with van der Waals surface area (Å²) in [5.41, 5.74) is 0.404. The van der Waals surface area contributed by atoms with Crippen LogP contribution < -0.4 is 5.32 Å². The summed E-state index contributed by atoms with van der Waals surface area (Å²) in [6, 6.07) is 0. The number of hydrogen-bond acceptors (Lipinski definition) is 2. The Morgan fingerprint density at radius 2 is 2.00 bits per heavy atom. The summed E-state index contributed by atoms with van der Waals surface area (Å²) in [4.78, 5) is 2.70. The Morgan fingerprint density at radius 3 is 2.56 bits per heavy atom. The zero-order chi connectivity index (χ0) is 11.6. The van der Waals surface area contributed by atoms with Crippen LogP contribution in [-0.2, 0) is 0 Å². The summed E-state index contributed by atoms with van der Waals surface area (Å²) in [5.74, 6) is 1.97. The molecule has 1 unspecified atom stereocenters. The molecule has 0 spiro atoms. The predicted octanol–water partition coefficient (Wildman–Crippen LogP) is 2.50. The van der Waals surface area contributed by atoms with Crippen LogP contribution in [0.1, 0.15) is 46.5 Å². The maximum absolute atomic E-state index is 3.74. The smallest absolute Gasteiger partial charge is 0.0304 e. The van der Waals surface area contributed by atoms with Gasteiger partial charge in [-0.3, -0.25) is 4.90 Å². The van der Waals surface area contributed by atoms with E-state index in [0.717, 1.165) is 11.8 Å². The Morgan fingerprint density at radius 1 is 1.31 bits per heavy atom. The molecule has 1 heterocycles. The minimum Gasteiger partial charge on any atom is -0.309 e. The van der Waals surface area contributed by atoms with Gasteiger partial charge in [0.15, 0.2) is 0 Å². The van der Waals surface area contributed by atoms with Gasteiger partial charge in [-0.05, 0) is 37.5 Å². The molecule has 1 atom stereocenters. The van der Waals surface area contributed by atoms with Crippen LogP contribution in [0.25, 0.3) is 0 Å². The monoisotopic (exact) mass is 224 g/mol. The first-order valence-electron chi connectivity index (χ1n) is 7.16. The van der Waals surface area contributed by atoms with Gasteiger partial charge in [0.25, 0.3) is 0 Å². The van der Waals surface area contributed by atoms with E-state index in [-0.39, 0.29) is 0 Å². The van der Waals surface area contributed by atoms with Crippen molar-refractivity contribution in [2.75, 3.05) is 26.2 Å². The molecule has 2 nitrogen and oxygen atoms in total. The van der Waals surface area contributed by atoms with Crippen molar-refractivity contribution in [3.63, 3.8) is 0 Å². The molecule has 2 heteroatoms. The molecule has 0 aromatic carbocycles. The summed E-state index contributed by atoms with van der Waals surface area (Å²) in [6.07, 6.45) is 5.50. The molecule has 1 saturated carbocycles. The minimum absolute atomic E-state index is 0.404. The van der Waals surface area contributed by atoms with Crippen LogP contribution in [0.2, 0.25) is 0 Å². The lowest BCUT2D eigenvalue weighted by atomic mass is 9.89. The van der Waals surface area contributed by atoms with E-state index in [0.29, 0.717) is 5.54 Å². The van der Waals surface area contributed by atoms with E-state index >= 15 is 0 Å². The van der Waals surface area contributed by atoms with Gasteiger partial charge >= 0.3 is 0 Å². The lowest BCUT2D eigenvalue weighted by Gasteiger charge is -2.44. The minimum atomic E-state index is 0.404. The summed E-state index contributed by atoms with van der Waals surface area (Å²) in [6.45, 7) is 12.1. The molecule has 2 rings (SSSR count). The third kappa shape index (κ3) is 2.78. The Balaban J connectivity index is 1.85. The van der Waals surface area contributed by atoms with Crippen LogP contribution in [0.3, 0.4) is 0 Å². The van der Waals surface area contributed by atoms with Gasteiger partial charge in [-0.25, -0.2) is 0 Å². The maximum Gasteiger partial charge on any atom is 0.0304 e. The van der Waals surface area contributed by atoms with Gasteiger partial charge in [-0.2, -0.15) is 0 Å². The summed E-state index contributed by atoms with van der Waals surface area (Å²) < 4.78 is 0. The summed E-state index contributed by atoms with van der Waals surface area (Å²) in [7, 11) is 0. The largest absolute Gasteiger partial charge is 0.309 e. The number of nitrogens with zero attached hydrogens (tertiary/aromatic N) is 1. The molecule has 2 aliphatic rings. The molecule has 1 aliphatic carbocycles. The zero-order valence-corrected chi connectivity index (χ0v) is 11.3. The van der Waals surface area contributed by atoms with Crippen molar-refractivity contribution in [1.29, 1.82) is 0 Å². The first-order chi connectivity index (χ1) is 7.69. The molecule has 16 heavy (non-hydrogen) atoms. The lowest BCUT2D eigenvalue weighted by Crippen LogP contribution is -2.60. The molecule has 0 bridgehead atoms. The van der Waals surface area contributed by atoms with Gasteiger partial charge in [0.2, 0.25) is 0 Å². The van der Waals surface area contributed by atoms with Gasteiger partial charge in [0, 0.05) is 31.7 Å². The van der Waals surface area contributed by atoms with Crippen LogP contribution in [0, 0.1) is 11.8 Å². The number of piperazine rings is 1. The molecule has 2 fully saturated rings. The van der Waals surface area contributed by atoms with Crippen LogP contribution in [0.4, 0.5) is 0 Å². The third-order valence-electron chi connectivity index (χ3n) is 4.78. The van der Waals surface area contributed by atoms with Crippen molar-refractivity contribution in [3.05, 3.63) is 0 Å². The first-order valence-corrected chi connectivity index (χ1v) is 7.16. The first kappa shape index (κ1) is 12.4. The van der Waals surface area contributed by atoms with Crippen molar-refractivity contribution in [2.45, 2.75) is 52.0 Å². The fourth-order valence-electron chi connectivity index (χ4n) is 3.14. The highest BCUT2D eigenvalue weighted by Crippen LogP contribution is 2.37. The van der Waals surface area contributed by atoms with Gasteiger partial charge in [0.05, 0.1) is 0 Å². The molecule has 0 aromatic rings. The Labute approximate surface area is 101 Å². The Hall–Kier alpha value is -0.0800. The van der Waals surface area contributed by atoms with Crippen LogP contribution >= 0.6 is 0 Å². The van der Waals surface area contributed by atoms with E-state index in [1.165, 1.54) is 51.9 Å². The highest BCUT2D eigenvalue weighted by molar-refractivity contribution is 4.93. The van der Waals surface area contributed by atoms with Crippen LogP contribution in [0.15, 0.2) is 0 Å². The Kier molecular flexibility index (Phi) is 3.91. The summed E-state index contributed by atoms with van der Waals surface area (Å²) in [5, 5.41) is 3.74. The van der Waals surface area contributed by atoms with Crippen molar-refractivity contribution >= 4 is 0 Å². The highest BCUT2D eigenvalue weighted by atomic mass is 15.2. The van der Waals surface area contributed by atoms with Gasteiger partial charge in [-0.1, -0.05) is 20.8 Å². The van der Waals surface area contributed by atoms with E-state index in [4.69, 9.17) is 0 Å². The van der Waals surface area contributed by atoms with Crippen LogP contribution in [0.5, 0.6) is 0 Å². The van der Waals surface area contributed by atoms with Gasteiger partial charge < -0.3 is 5.32 Å². The third-order valence-corrected chi connectivity index (χ3v) is 4.78. The van der Waals surface area contributed by atoms with Crippen molar-refractivity contribution < 1.29 is 0 Å². The molecule has 0 aromatic heterocycles. The number of rotatable bonds is 5. The molecular weight excluding hydrogens is 196 g/mol. The van der Waals surface area contributed by atoms with E-state index in [1.807, 2.05) is 0 Å². The fourth-order valence-corrected chi connectivity index (χ4v) is 3.14. The molecule has 94 valence electrons. The van der Waals surface area contributed by atoms with Gasteiger partial charge in [0.1, 0.15) is 0 Å². The number of hydrogen-bond donors (Lipinski definition) is 1.